The zero-order valence-electron chi connectivity index (χ0n) is 13.8. The number of pyridine rings is 1. The van der Waals surface area contributed by atoms with E-state index in [1.54, 1.807) is 35.4 Å². The summed E-state index contributed by atoms with van der Waals surface area (Å²) in [6.45, 7) is 1.89. The Balaban J connectivity index is 1.67. The lowest BCUT2D eigenvalue weighted by atomic mass is 10.2. The van der Waals surface area contributed by atoms with Gasteiger partial charge in [0.2, 0.25) is 0 Å². The quantitative estimate of drug-likeness (QED) is 0.582. The highest BCUT2D eigenvalue weighted by atomic mass is 19.1. The summed E-state index contributed by atoms with van der Waals surface area (Å²) in [6, 6.07) is 2.76. The van der Waals surface area contributed by atoms with Crippen molar-refractivity contribution >= 4 is 17.0 Å². The summed E-state index contributed by atoms with van der Waals surface area (Å²) >= 11 is 0. The largest absolute Gasteiger partial charge is 0.394 e. The molecule has 3 N–H and O–H groups in total. The van der Waals surface area contributed by atoms with Crippen molar-refractivity contribution in [3.05, 3.63) is 60.8 Å². The number of hydrogen-bond acceptors (Lipinski definition) is 7. The summed E-state index contributed by atoms with van der Waals surface area (Å²) in [6.07, 6.45) is 9.48. The molecule has 130 valence electrons. The molecule has 0 aromatic carbocycles. The zero-order valence-corrected chi connectivity index (χ0v) is 13.8. The minimum absolute atomic E-state index is 0.216. The van der Waals surface area contributed by atoms with Crippen LogP contribution in [-0.2, 0) is 0 Å². The van der Waals surface area contributed by atoms with E-state index in [2.05, 4.69) is 30.4 Å². The molecular weight excluding hydrogens is 335 g/mol. The average Bonchev–Trinajstić information content (AvgIpc) is 3.08. The van der Waals surface area contributed by atoms with Crippen LogP contribution in [0.5, 0.6) is 0 Å². The first-order chi connectivity index (χ1) is 12.6. The average molecular weight is 350 g/mol. The molecule has 4 aromatic heterocycles. The number of fused-ring (bicyclic) bond motifs is 1. The van der Waals surface area contributed by atoms with E-state index in [1.165, 1.54) is 18.5 Å². The van der Waals surface area contributed by atoms with Crippen LogP contribution in [0.2, 0.25) is 0 Å². The molecule has 1 atom stereocenters. The van der Waals surface area contributed by atoms with Crippen LogP contribution in [0.25, 0.3) is 16.9 Å². The molecule has 26 heavy (non-hydrogen) atoms. The SMILES string of the molecule is CC(Nc1nc(-c2cnn3ccncc23)ncc1N)c1ccc(F)cn1. The van der Waals surface area contributed by atoms with Gasteiger partial charge in [-0.3, -0.25) is 9.97 Å². The molecule has 8 nitrogen and oxygen atoms in total. The van der Waals surface area contributed by atoms with Gasteiger partial charge in [0.1, 0.15) is 5.82 Å². The number of nitrogen functional groups attached to an aromatic ring is 1. The van der Waals surface area contributed by atoms with Crippen LogP contribution in [0.3, 0.4) is 0 Å². The van der Waals surface area contributed by atoms with E-state index in [9.17, 15) is 4.39 Å². The van der Waals surface area contributed by atoms with E-state index < -0.39 is 0 Å². The van der Waals surface area contributed by atoms with Crippen LogP contribution in [-0.4, -0.2) is 29.5 Å². The number of aromatic nitrogens is 6. The monoisotopic (exact) mass is 350 g/mol. The molecule has 0 fully saturated rings. The number of nitrogens with two attached hydrogens (primary N) is 1. The highest BCUT2D eigenvalue weighted by Crippen LogP contribution is 2.26. The lowest BCUT2D eigenvalue weighted by Crippen LogP contribution is -2.12. The Morgan fingerprint density at radius 3 is 2.85 bits per heavy atom. The molecule has 4 aromatic rings. The van der Waals surface area contributed by atoms with Gasteiger partial charge < -0.3 is 11.1 Å². The minimum atomic E-state index is -0.383. The number of anilines is 2. The maximum absolute atomic E-state index is 13.0. The van der Waals surface area contributed by atoms with Crippen molar-refractivity contribution in [2.75, 3.05) is 11.1 Å². The summed E-state index contributed by atoms with van der Waals surface area (Å²) in [5.41, 5.74) is 8.61. The van der Waals surface area contributed by atoms with Crippen LogP contribution in [0, 0.1) is 5.82 Å². The molecule has 0 saturated carbocycles. The number of halogens is 1. The van der Waals surface area contributed by atoms with Crippen LogP contribution in [0.4, 0.5) is 15.9 Å². The fraction of sp³-hybridized carbons (Fsp3) is 0.118. The fourth-order valence-electron chi connectivity index (χ4n) is 2.57. The molecule has 0 aliphatic carbocycles. The zero-order chi connectivity index (χ0) is 18.1. The normalized spacial score (nSPS) is 12.2. The highest BCUT2D eigenvalue weighted by molar-refractivity contribution is 5.76. The van der Waals surface area contributed by atoms with Gasteiger partial charge in [0.15, 0.2) is 11.6 Å². The van der Waals surface area contributed by atoms with E-state index in [-0.39, 0.29) is 11.9 Å². The Morgan fingerprint density at radius 2 is 2.04 bits per heavy atom. The number of nitrogens with zero attached hydrogens (tertiary/aromatic N) is 6. The maximum Gasteiger partial charge on any atom is 0.165 e. The second-order valence-electron chi connectivity index (χ2n) is 5.73. The molecule has 4 heterocycles. The Morgan fingerprint density at radius 1 is 1.15 bits per heavy atom. The summed E-state index contributed by atoms with van der Waals surface area (Å²) in [7, 11) is 0. The van der Waals surface area contributed by atoms with Crippen molar-refractivity contribution in [2.24, 2.45) is 0 Å². The van der Waals surface area contributed by atoms with E-state index in [4.69, 9.17) is 5.73 Å². The van der Waals surface area contributed by atoms with E-state index in [1.807, 2.05) is 6.92 Å². The van der Waals surface area contributed by atoms with Crippen molar-refractivity contribution in [3.8, 4) is 11.4 Å². The van der Waals surface area contributed by atoms with E-state index in [0.29, 0.717) is 23.0 Å². The van der Waals surface area contributed by atoms with E-state index >= 15 is 0 Å². The third-order valence-electron chi connectivity index (χ3n) is 3.93. The molecule has 4 rings (SSSR count). The smallest absolute Gasteiger partial charge is 0.165 e. The van der Waals surface area contributed by atoms with Crippen LogP contribution in [0.1, 0.15) is 18.7 Å². The fourth-order valence-corrected chi connectivity index (χ4v) is 2.57. The Hall–Kier alpha value is -3.62. The van der Waals surface area contributed by atoms with Gasteiger partial charge in [-0.2, -0.15) is 5.10 Å². The van der Waals surface area contributed by atoms with Crippen LogP contribution >= 0.6 is 0 Å². The van der Waals surface area contributed by atoms with Gasteiger partial charge in [-0.15, -0.1) is 0 Å². The predicted molar refractivity (Wildman–Crippen MR) is 94.7 cm³/mol. The third kappa shape index (κ3) is 2.90. The Bertz CT molecular complexity index is 1060. The highest BCUT2D eigenvalue weighted by Gasteiger charge is 2.14. The third-order valence-corrected chi connectivity index (χ3v) is 3.93. The first kappa shape index (κ1) is 15.9. The standard InChI is InChI=1S/C17H15FN8/c1-10(14-3-2-11(18)6-21-14)24-17-13(19)8-22-16(25-17)12-7-23-26-5-4-20-9-15(12)26/h2-10H,19H2,1H3,(H,22,24,25). The lowest BCUT2D eigenvalue weighted by Gasteiger charge is -2.15. The predicted octanol–water partition coefficient (Wildman–Crippen LogP) is 2.48. The van der Waals surface area contributed by atoms with Gasteiger partial charge >= 0.3 is 0 Å². The maximum atomic E-state index is 13.0. The van der Waals surface area contributed by atoms with Crippen molar-refractivity contribution in [1.82, 2.24) is 29.5 Å². The van der Waals surface area contributed by atoms with Crippen molar-refractivity contribution in [1.29, 1.82) is 0 Å². The first-order valence-corrected chi connectivity index (χ1v) is 7.90. The molecule has 0 spiro atoms. The molecule has 0 saturated heterocycles. The number of hydrogen-bond donors (Lipinski definition) is 2. The first-order valence-electron chi connectivity index (χ1n) is 7.90. The molecule has 0 bridgehead atoms. The van der Waals surface area contributed by atoms with Gasteiger partial charge in [-0.25, -0.2) is 18.9 Å². The summed E-state index contributed by atoms with van der Waals surface area (Å²) in [5.74, 6) is 0.562. The van der Waals surface area contributed by atoms with Gasteiger partial charge in [0.25, 0.3) is 0 Å². The number of nitrogens with one attached hydrogen (secondary N) is 1. The summed E-state index contributed by atoms with van der Waals surface area (Å²) in [5, 5.41) is 7.46. The molecular formula is C17H15FN8. The second-order valence-corrected chi connectivity index (χ2v) is 5.73. The van der Waals surface area contributed by atoms with Crippen LogP contribution < -0.4 is 11.1 Å². The minimum Gasteiger partial charge on any atom is -0.394 e. The van der Waals surface area contributed by atoms with Gasteiger partial charge in [-0.1, -0.05) is 0 Å². The second kappa shape index (κ2) is 6.36. The summed E-state index contributed by atoms with van der Waals surface area (Å²) in [4.78, 5) is 17.0. The van der Waals surface area contributed by atoms with E-state index in [0.717, 1.165) is 11.1 Å². The Labute approximate surface area is 148 Å². The van der Waals surface area contributed by atoms with Gasteiger partial charge in [0, 0.05) is 12.4 Å². The molecule has 9 heteroatoms. The topological polar surface area (TPSA) is 107 Å². The molecule has 0 aliphatic rings. The summed E-state index contributed by atoms with van der Waals surface area (Å²) < 4.78 is 14.7. The van der Waals surface area contributed by atoms with Crippen molar-refractivity contribution < 1.29 is 4.39 Å². The van der Waals surface area contributed by atoms with Crippen molar-refractivity contribution in [3.63, 3.8) is 0 Å². The van der Waals surface area contributed by atoms with Gasteiger partial charge in [-0.05, 0) is 19.1 Å². The van der Waals surface area contributed by atoms with Gasteiger partial charge in [0.05, 0.1) is 53.3 Å². The number of rotatable bonds is 4. The molecule has 0 radical (unpaired) electrons. The molecule has 0 amide bonds. The Kier molecular flexibility index (Phi) is 3.88. The lowest BCUT2D eigenvalue weighted by molar-refractivity contribution is 0.617. The molecule has 0 aliphatic heterocycles. The van der Waals surface area contributed by atoms with Crippen molar-refractivity contribution in [2.45, 2.75) is 13.0 Å². The molecule has 1 unspecified atom stereocenters. The van der Waals surface area contributed by atoms with Crippen LogP contribution in [0.15, 0.2) is 49.3 Å².